The fraction of sp³-hybridized carbons (Fsp3) is 0.312. The Balaban J connectivity index is 0.000000646. The van der Waals surface area contributed by atoms with Gasteiger partial charge in [-0.05, 0) is 41.7 Å². The minimum Gasteiger partial charge on any atom is -0.475 e. The number of Topliss-reactive ketones (excluding diaryl/α,β-unsaturated/α-hetero) is 1. The van der Waals surface area contributed by atoms with E-state index in [9.17, 15) is 22.8 Å². The molecule has 4 rings (SSSR count). The molecule has 0 bridgehead atoms. The van der Waals surface area contributed by atoms with Crippen LogP contribution in [0.3, 0.4) is 0 Å². The number of nitrogens with zero attached hydrogens (tertiary/aromatic N) is 1. The van der Waals surface area contributed by atoms with Crippen molar-refractivity contribution in [1.82, 2.24) is 15.3 Å². The molecular formula is C32H34F3N3O5. The van der Waals surface area contributed by atoms with Crippen LogP contribution < -0.4 is 5.32 Å². The number of carbonyl (C=O) groups excluding carboxylic acids is 2. The number of fused-ring (bicyclic) bond motifs is 1. The molecule has 8 nitrogen and oxygen atoms in total. The molecule has 1 atom stereocenters. The lowest BCUT2D eigenvalue weighted by Crippen LogP contribution is -2.26. The molecule has 1 unspecified atom stereocenters. The molecule has 0 fully saturated rings. The zero-order valence-corrected chi connectivity index (χ0v) is 23.7. The number of carboxylic acids is 1. The van der Waals surface area contributed by atoms with Gasteiger partial charge in [0.2, 0.25) is 0 Å². The van der Waals surface area contributed by atoms with Crippen molar-refractivity contribution in [3.8, 4) is 11.3 Å². The zero-order chi connectivity index (χ0) is 31.2. The van der Waals surface area contributed by atoms with Gasteiger partial charge in [0.15, 0.2) is 6.10 Å². The highest BCUT2D eigenvalue weighted by Crippen LogP contribution is 2.27. The maximum Gasteiger partial charge on any atom is 0.490 e. The maximum absolute atomic E-state index is 12.6. The van der Waals surface area contributed by atoms with Crippen LogP contribution in [0, 0.1) is 0 Å². The fourth-order valence-corrected chi connectivity index (χ4v) is 4.20. The molecule has 0 aliphatic rings. The van der Waals surface area contributed by atoms with E-state index < -0.39 is 24.3 Å². The molecule has 228 valence electrons. The lowest BCUT2D eigenvalue weighted by Gasteiger charge is -2.16. The van der Waals surface area contributed by atoms with Gasteiger partial charge in [-0.25, -0.2) is 14.6 Å². The topological polar surface area (TPSA) is 121 Å². The second-order valence-corrected chi connectivity index (χ2v) is 9.77. The van der Waals surface area contributed by atoms with Crippen LogP contribution in [0.15, 0.2) is 79.0 Å². The van der Waals surface area contributed by atoms with Gasteiger partial charge in [0, 0.05) is 24.9 Å². The van der Waals surface area contributed by atoms with Crippen molar-refractivity contribution < 1.29 is 37.4 Å². The summed E-state index contributed by atoms with van der Waals surface area (Å²) in [6.07, 6.45) is 0.116. The highest BCUT2D eigenvalue weighted by atomic mass is 19.4. The van der Waals surface area contributed by atoms with E-state index in [1.807, 2.05) is 49.4 Å². The van der Waals surface area contributed by atoms with Gasteiger partial charge in [0.25, 0.3) is 0 Å². The molecule has 43 heavy (non-hydrogen) atoms. The van der Waals surface area contributed by atoms with E-state index in [2.05, 4.69) is 45.6 Å². The van der Waals surface area contributed by atoms with Crippen LogP contribution in [0.2, 0.25) is 0 Å². The third kappa shape index (κ3) is 10.9. The first-order valence-corrected chi connectivity index (χ1v) is 13.9. The molecule has 3 N–H and O–H groups in total. The monoisotopic (exact) mass is 597 g/mol. The second-order valence-electron chi connectivity index (χ2n) is 9.77. The average Bonchev–Trinajstić information content (AvgIpc) is 3.49. The van der Waals surface area contributed by atoms with E-state index in [4.69, 9.17) is 14.6 Å². The number of benzene rings is 3. The van der Waals surface area contributed by atoms with Crippen molar-refractivity contribution >= 4 is 28.6 Å². The molecule has 0 spiro atoms. The minimum atomic E-state index is -5.08. The first-order valence-electron chi connectivity index (χ1n) is 13.9. The summed E-state index contributed by atoms with van der Waals surface area (Å²) in [4.78, 5) is 41.0. The number of carbonyl (C=O) groups is 3. The molecule has 3 aromatic carbocycles. The molecule has 0 saturated carbocycles. The number of carboxylic acid groups (broad SMARTS) is 1. The zero-order valence-electron chi connectivity index (χ0n) is 23.7. The van der Waals surface area contributed by atoms with Crippen LogP contribution >= 0.6 is 0 Å². The van der Waals surface area contributed by atoms with Gasteiger partial charge in [-0.2, -0.15) is 13.2 Å². The van der Waals surface area contributed by atoms with E-state index in [1.165, 1.54) is 5.39 Å². The van der Waals surface area contributed by atoms with E-state index in [0.29, 0.717) is 31.6 Å². The minimum absolute atomic E-state index is 0.286. The standard InChI is InChI=1S/C30H33N3O3.C2HF3O2/c1-2-26(34)15-7-4-8-16-28(36-30(35)32-20-22-11-5-3-6-12-22)29-31-21-27(33-29)25-18-17-23-13-9-10-14-24(23)19-25;3-2(4,5)1(6)7/h3,5-6,9-14,17-19,21,28H,2,4,7-8,15-16,20H2,1H3,(H,31,33)(H,32,35);(H,6,7). The number of aromatic nitrogens is 2. The molecule has 1 aromatic heterocycles. The van der Waals surface area contributed by atoms with Gasteiger partial charge >= 0.3 is 18.2 Å². The van der Waals surface area contributed by atoms with Gasteiger partial charge < -0.3 is 20.1 Å². The van der Waals surface area contributed by atoms with Gasteiger partial charge in [-0.15, -0.1) is 0 Å². The van der Waals surface area contributed by atoms with Crippen molar-refractivity contribution in [2.75, 3.05) is 0 Å². The summed E-state index contributed by atoms with van der Waals surface area (Å²) in [6, 6.07) is 24.2. The van der Waals surface area contributed by atoms with Gasteiger partial charge in [-0.1, -0.05) is 80.1 Å². The SMILES string of the molecule is CCC(=O)CCCCCC(OC(=O)NCc1ccccc1)c1ncc(-c2ccc3ccccc3c2)[nH]1.O=C(O)C(F)(F)F. The number of alkyl halides is 3. The normalized spacial score (nSPS) is 11.7. The molecule has 1 amide bonds. The Labute approximate surface area is 247 Å². The highest BCUT2D eigenvalue weighted by Gasteiger charge is 2.38. The van der Waals surface area contributed by atoms with Crippen molar-refractivity contribution in [3.63, 3.8) is 0 Å². The van der Waals surface area contributed by atoms with Crippen LogP contribution in [0.4, 0.5) is 18.0 Å². The highest BCUT2D eigenvalue weighted by molar-refractivity contribution is 5.86. The summed E-state index contributed by atoms with van der Waals surface area (Å²) in [5.41, 5.74) is 2.91. The predicted octanol–water partition coefficient (Wildman–Crippen LogP) is 7.76. The summed E-state index contributed by atoms with van der Waals surface area (Å²) in [6.45, 7) is 2.29. The number of hydrogen-bond acceptors (Lipinski definition) is 5. The number of hydrogen-bond donors (Lipinski definition) is 3. The summed E-state index contributed by atoms with van der Waals surface area (Å²) in [5.74, 6) is -1.85. The largest absolute Gasteiger partial charge is 0.490 e. The number of amides is 1. The number of aliphatic carboxylic acids is 1. The van der Waals surface area contributed by atoms with Crippen LogP contribution in [-0.4, -0.2) is 39.1 Å². The van der Waals surface area contributed by atoms with Crippen molar-refractivity contribution in [1.29, 1.82) is 0 Å². The maximum atomic E-state index is 12.6. The number of nitrogens with one attached hydrogen (secondary N) is 2. The Kier molecular flexibility index (Phi) is 12.3. The third-order valence-corrected chi connectivity index (χ3v) is 6.55. The Morgan fingerprint density at radius 2 is 1.63 bits per heavy atom. The van der Waals surface area contributed by atoms with Crippen molar-refractivity contribution in [2.24, 2.45) is 0 Å². The van der Waals surface area contributed by atoms with E-state index in [0.717, 1.165) is 41.5 Å². The molecule has 4 aromatic rings. The number of imidazole rings is 1. The summed E-state index contributed by atoms with van der Waals surface area (Å²) < 4.78 is 37.6. The number of H-pyrrole nitrogens is 1. The van der Waals surface area contributed by atoms with E-state index in [1.54, 1.807) is 6.20 Å². The molecule has 0 aliphatic heterocycles. The Hall–Kier alpha value is -4.67. The van der Waals surface area contributed by atoms with Crippen molar-refractivity contribution in [3.05, 3.63) is 90.4 Å². The van der Waals surface area contributed by atoms with Crippen LogP contribution in [0.1, 0.15) is 62.9 Å². The molecule has 0 aliphatic carbocycles. The number of unbranched alkanes of at least 4 members (excludes halogenated alkanes) is 2. The van der Waals surface area contributed by atoms with Crippen LogP contribution in [0.5, 0.6) is 0 Å². The van der Waals surface area contributed by atoms with Crippen molar-refractivity contribution in [2.45, 2.75) is 64.3 Å². The molecule has 0 saturated heterocycles. The van der Waals surface area contributed by atoms with Crippen LogP contribution in [0.25, 0.3) is 22.0 Å². The summed E-state index contributed by atoms with van der Waals surface area (Å²) in [5, 5.41) is 12.3. The van der Waals surface area contributed by atoms with Gasteiger partial charge in [0.1, 0.15) is 11.6 Å². The third-order valence-electron chi connectivity index (χ3n) is 6.55. The number of aromatic amines is 1. The van der Waals surface area contributed by atoms with Gasteiger partial charge in [0.05, 0.1) is 11.9 Å². The first-order chi connectivity index (χ1) is 20.6. The Morgan fingerprint density at radius 3 is 2.30 bits per heavy atom. The average molecular weight is 598 g/mol. The molecule has 0 radical (unpaired) electrons. The number of ketones is 1. The number of alkyl carbamates (subject to hydrolysis) is 1. The number of halogens is 3. The lowest BCUT2D eigenvalue weighted by atomic mass is 10.1. The quantitative estimate of drug-likeness (QED) is 0.144. The number of ether oxygens (including phenoxy) is 1. The summed E-state index contributed by atoms with van der Waals surface area (Å²) in [7, 11) is 0. The molecule has 1 heterocycles. The molecule has 11 heteroatoms. The lowest BCUT2D eigenvalue weighted by molar-refractivity contribution is -0.192. The number of rotatable bonds is 12. The fourth-order valence-electron chi connectivity index (χ4n) is 4.20. The first kappa shape index (κ1) is 32.8. The Bertz CT molecular complexity index is 1490. The second kappa shape index (κ2) is 16.1. The smallest absolute Gasteiger partial charge is 0.475 e. The summed E-state index contributed by atoms with van der Waals surface area (Å²) >= 11 is 0. The Morgan fingerprint density at radius 1 is 0.953 bits per heavy atom. The molecular weight excluding hydrogens is 563 g/mol. The van der Waals surface area contributed by atoms with Gasteiger partial charge in [-0.3, -0.25) is 4.79 Å². The van der Waals surface area contributed by atoms with E-state index >= 15 is 0 Å². The van der Waals surface area contributed by atoms with Crippen LogP contribution in [-0.2, 0) is 20.9 Å². The predicted molar refractivity (Wildman–Crippen MR) is 156 cm³/mol. The van der Waals surface area contributed by atoms with E-state index in [-0.39, 0.29) is 5.78 Å².